The number of amides is 1. The zero-order valence-corrected chi connectivity index (χ0v) is 10.1. The van der Waals surface area contributed by atoms with Crippen LogP contribution in [0.25, 0.3) is 0 Å². The Hall–Kier alpha value is -1.07. The van der Waals surface area contributed by atoms with Crippen LogP contribution in [0.2, 0.25) is 0 Å². The Morgan fingerprint density at radius 2 is 2.50 bits per heavy atom. The number of carbonyl (C=O) groups excluding carboxylic acids is 1. The van der Waals surface area contributed by atoms with E-state index in [-0.39, 0.29) is 24.4 Å². The van der Waals surface area contributed by atoms with Gasteiger partial charge in [-0.2, -0.15) is 5.10 Å². The molecule has 0 saturated carbocycles. The van der Waals surface area contributed by atoms with Crippen molar-refractivity contribution in [3.05, 3.63) is 18.0 Å². The van der Waals surface area contributed by atoms with Gasteiger partial charge in [0.1, 0.15) is 0 Å². The van der Waals surface area contributed by atoms with Gasteiger partial charge in [0.25, 0.3) is 5.91 Å². The molecule has 1 saturated heterocycles. The topological polar surface area (TPSA) is 59.0 Å². The standard InChI is InChI=1S/C10H16N4O.ClH/c1-14-7-8(5-12-14)10(15)13-9-3-2-4-11-6-9;/h5,7,9,11H,2-4,6H2,1H3,(H,13,15);1H/t9-;/m0./s1. The molecule has 0 radical (unpaired) electrons. The number of aryl methyl sites for hydroxylation is 1. The van der Waals surface area contributed by atoms with E-state index in [1.54, 1.807) is 24.1 Å². The predicted octanol–water partition coefficient (Wildman–Crippen LogP) is 0.324. The highest BCUT2D eigenvalue weighted by atomic mass is 35.5. The van der Waals surface area contributed by atoms with E-state index in [2.05, 4.69) is 15.7 Å². The van der Waals surface area contributed by atoms with Gasteiger partial charge in [0.05, 0.1) is 11.8 Å². The van der Waals surface area contributed by atoms with Gasteiger partial charge < -0.3 is 10.6 Å². The van der Waals surface area contributed by atoms with Crippen LogP contribution < -0.4 is 10.6 Å². The van der Waals surface area contributed by atoms with Crippen LogP contribution in [0.15, 0.2) is 12.4 Å². The summed E-state index contributed by atoms with van der Waals surface area (Å²) in [6, 6.07) is 0.256. The molecule has 16 heavy (non-hydrogen) atoms. The lowest BCUT2D eigenvalue weighted by Gasteiger charge is -2.23. The highest BCUT2D eigenvalue weighted by Gasteiger charge is 2.16. The molecule has 90 valence electrons. The molecule has 1 atom stereocenters. The Kier molecular flexibility index (Phi) is 4.76. The number of piperidine rings is 1. The lowest BCUT2D eigenvalue weighted by molar-refractivity contribution is 0.0930. The normalized spacial score (nSPS) is 19.9. The molecular weight excluding hydrogens is 228 g/mol. The summed E-state index contributed by atoms with van der Waals surface area (Å²) in [5.41, 5.74) is 0.628. The number of carbonyl (C=O) groups is 1. The average Bonchev–Trinajstić information content (AvgIpc) is 2.66. The number of nitrogens with one attached hydrogen (secondary N) is 2. The minimum atomic E-state index is -0.0307. The molecule has 0 bridgehead atoms. The fourth-order valence-corrected chi connectivity index (χ4v) is 1.78. The van der Waals surface area contributed by atoms with E-state index in [0.29, 0.717) is 5.56 Å². The zero-order chi connectivity index (χ0) is 10.7. The molecule has 6 heteroatoms. The van der Waals surface area contributed by atoms with Crippen LogP contribution in [0.5, 0.6) is 0 Å². The first-order valence-electron chi connectivity index (χ1n) is 5.26. The fraction of sp³-hybridized carbons (Fsp3) is 0.600. The molecule has 5 nitrogen and oxygen atoms in total. The van der Waals surface area contributed by atoms with Gasteiger partial charge >= 0.3 is 0 Å². The molecule has 0 unspecified atom stereocenters. The fourth-order valence-electron chi connectivity index (χ4n) is 1.78. The van der Waals surface area contributed by atoms with E-state index >= 15 is 0 Å². The average molecular weight is 245 g/mol. The Labute approximate surface area is 101 Å². The van der Waals surface area contributed by atoms with Crippen LogP contribution in [-0.2, 0) is 7.05 Å². The molecule has 0 spiro atoms. The van der Waals surface area contributed by atoms with Crippen molar-refractivity contribution in [2.45, 2.75) is 18.9 Å². The van der Waals surface area contributed by atoms with Crippen LogP contribution in [0.4, 0.5) is 0 Å². The van der Waals surface area contributed by atoms with Crippen molar-refractivity contribution in [2.75, 3.05) is 13.1 Å². The molecule has 2 heterocycles. The maximum absolute atomic E-state index is 11.7. The summed E-state index contributed by atoms with van der Waals surface area (Å²) < 4.78 is 1.63. The third-order valence-corrected chi connectivity index (χ3v) is 2.60. The van der Waals surface area contributed by atoms with Crippen molar-refractivity contribution in [2.24, 2.45) is 7.05 Å². The van der Waals surface area contributed by atoms with Gasteiger partial charge in [-0.1, -0.05) is 0 Å². The quantitative estimate of drug-likeness (QED) is 0.788. The first-order valence-corrected chi connectivity index (χ1v) is 5.26. The number of hydrogen-bond acceptors (Lipinski definition) is 3. The van der Waals surface area contributed by atoms with E-state index in [1.165, 1.54) is 0 Å². The van der Waals surface area contributed by atoms with Crippen molar-refractivity contribution in [1.29, 1.82) is 0 Å². The summed E-state index contributed by atoms with van der Waals surface area (Å²) in [5.74, 6) is -0.0307. The number of rotatable bonds is 2. The van der Waals surface area contributed by atoms with Crippen molar-refractivity contribution in [3.63, 3.8) is 0 Å². The second-order valence-corrected chi connectivity index (χ2v) is 3.92. The van der Waals surface area contributed by atoms with E-state index in [0.717, 1.165) is 25.9 Å². The molecule has 1 amide bonds. The molecule has 0 aromatic carbocycles. The molecular formula is C10H17ClN4O. The number of hydrogen-bond donors (Lipinski definition) is 2. The highest BCUT2D eigenvalue weighted by molar-refractivity contribution is 5.93. The summed E-state index contributed by atoms with van der Waals surface area (Å²) in [4.78, 5) is 11.7. The van der Waals surface area contributed by atoms with E-state index in [1.807, 2.05) is 0 Å². The maximum atomic E-state index is 11.7. The Morgan fingerprint density at radius 1 is 1.69 bits per heavy atom. The van der Waals surface area contributed by atoms with Crippen LogP contribution in [0, 0.1) is 0 Å². The molecule has 1 fully saturated rings. The number of nitrogens with zero attached hydrogens (tertiary/aromatic N) is 2. The number of halogens is 1. The smallest absolute Gasteiger partial charge is 0.254 e. The Bertz CT molecular complexity index is 346. The van der Waals surface area contributed by atoms with Crippen LogP contribution in [0.1, 0.15) is 23.2 Å². The molecule has 0 aliphatic carbocycles. The van der Waals surface area contributed by atoms with Crippen LogP contribution >= 0.6 is 12.4 Å². The monoisotopic (exact) mass is 244 g/mol. The van der Waals surface area contributed by atoms with E-state index in [9.17, 15) is 4.79 Å². The zero-order valence-electron chi connectivity index (χ0n) is 9.27. The van der Waals surface area contributed by atoms with Crippen LogP contribution in [0.3, 0.4) is 0 Å². The lowest BCUT2D eigenvalue weighted by Crippen LogP contribution is -2.45. The van der Waals surface area contributed by atoms with Gasteiger partial charge in [-0.3, -0.25) is 9.48 Å². The first kappa shape index (κ1) is 13.0. The van der Waals surface area contributed by atoms with Gasteiger partial charge in [-0.05, 0) is 19.4 Å². The summed E-state index contributed by atoms with van der Waals surface area (Å²) in [6.45, 7) is 1.92. The SMILES string of the molecule is Cl.Cn1cc(C(=O)N[C@H]2CCCNC2)cn1. The molecule has 2 N–H and O–H groups in total. The van der Waals surface area contributed by atoms with Gasteiger partial charge in [-0.25, -0.2) is 0 Å². The van der Waals surface area contributed by atoms with Gasteiger partial charge in [0, 0.05) is 25.8 Å². The summed E-state index contributed by atoms with van der Waals surface area (Å²) >= 11 is 0. The third-order valence-electron chi connectivity index (χ3n) is 2.60. The minimum absolute atomic E-state index is 0. The molecule has 1 aromatic heterocycles. The van der Waals surface area contributed by atoms with Gasteiger partial charge in [0.15, 0.2) is 0 Å². The lowest BCUT2D eigenvalue weighted by atomic mass is 10.1. The van der Waals surface area contributed by atoms with E-state index in [4.69, 9.17) is 0 Å². The van der Waals surface area contributed by atoms with Gasteiger partial charge in [0.2, 0.25) is 0 Å². The maximum Gasteiger partial charge on any atom is 0.254 e. The highest BCUT2D eigenvalue weighted by Crippen LogP contribution is 2.03. The molecule has 1 aliphatic heterocycles. The second kappa shape index (κ2) is 5.86. The van der Waals surface area contributed by atoms with Crippen molar-refractivity contribution < 1.29 is 4.79 Å². The third kappa shape index (κ3) is 3.21. The van der Waals surface area contributed by atoms with Crippen molar-refractivity contribution >= 4 is 18.3 Å². The first-order chi connectivity index (χ1) is 7.25. The molecule has 2 rings (SSSR count). The van der Waals surface area contributed by atoms with Crippen molar-refractivity contribution in [1.82, 2.24) is 20.4 Å². The van der Waals surface area contributed by atoms with Crippen LogP contribution in [-0.4, -0.2) is 34.8 Å². The summed E-state index contributed by atoms with van der Waals surface area (Å²) in [5, 5.41) is 10.2. The largest absolute Gasteiger partial charge is 0.348 e. The summed E-state index contributed by atoms with van der Waals surface area (Å²) in [6.07, 6.45) is 5.49. The van der Waals surface area contributed by atoms with E-state index < -0.39 is 0 Å². The summed E-state index contributed by atoms with van der Waals surface area (Å²) in [7, 11) is 1.80. The second-order valence-electron chi connectivity index (χ2n) is 3.92. The molecule has 1 aromatic rings. The number of aromatic nitrogens is 2. The van der Waals surface area contributed by atoms with Gasteiger partial charge in [-0.15, -0.1) is 12.4 Å². The minimum Gasteiger partial charge on any atom is -0.348 e. The predicted molar refractivity (Wildman–Crippen MR) is 63.8 cm³/mol. The Morgan fingerprint density at radius 3 is 3.06 bits per heavy atom. The Balaban J connectivity index is 0.00000128. The van der Waals surface area contributed by atoms with Crippen molar-refractivity contribution in [3.8, 4) is 0 Å². The molecule has 1 aliphatic rings.